The van der Waals surface area contributed by atoms with Crippen molar-refractivity contribution in [3.05, 3.63) is 47.0 Å². The summed E-state index contributed by atoms with van der Waals surface area (Å²) < 4.78 is 14.3. The van der Waals surface area contributed by atoms with Gasteiger partial charge in [0.05, 0.1) is 17.3 Å². The van der Waals surface area contributed by atoms with Crippen LogP contribution in [-0.2, 0) is 4.79 Å². The van der Waals surface area contributed by atoms with Gasteiger partial charge in [0.25, 0.3) is 0 Å². The Kier molecular flexibility index (Phi) is 4.79. The molecule has 8 nitrogen and oxygen atoms in total. The average molecular weight is 374 g/mol. The lowest BCUT2D eigenvalue weighted by atomic mass is 9.85. The Morgan fingerprint density at radius 1 is 1.33 bits per heavy atom. The van der Waals surface area contributed by atoms with E-state index in [1.807, 2.05) is 0 Å². The highest BCUT2D eigenvalue weighted by Gasteiger charge is 2.41. The molecule has 3 atom stereocenters. The van der Waals surface area contributed by atoms with Gasteiger partial charge in [-0.15, -0.1) is 0 Å². The Bertz CT molecular complexity index is 920. The lowest BCUT2D eigenvalue weighted by Gasteiger charge is -2.42. The number of benzene rings is 1. The van der Waals surface area contributed by atoms with Crippen LogP contribution < -0.4 is 10.2 Å². The van der Waals surface area contributed by atoms with Gasteiger partial charge in [-0.05, 0) is 30.7 Å². The maximum absolute atomic E-state index is 14.3. The topological polar surface area (TPSA) is 116 Å². The first-order valence-electron chi connectivity index (χ1n) is 8.31. The van der Waals surface area contributed by atoms with E-state index in [0.717, 1.165) is 11.0 Å². The molecule has 0 saturated carbocycles. The van der Waals surface area contributed by atoms with E-state index in [4.69, 9.17) is 0 Å². The van der Waals surface area contributed by atoms with E-state index in [2.05, 4.69) is 15.3 Å². The van der Waals surface area contributed by atoms with Crippen LogP contribution in [0.4, 0.5) is 16.0 Å². The minimum absolute atomic E-state index is 0.112. The predicted molar refractivity (Wildman–Crippen MR) is 94.8 cm³/mol. The van der Waals surface area contributed by atoms with E-state index >= 15 is 0 Å². The molecule has 0 radical (unpaired) electrons. The monoisotopic (exact) mass is 374 g/mol. The lowest BCUT2D eigenvalue weighted by Crippen LogP contribution is -2.50. The number of nitrogens with zero attached hydrogens (tertiary/aromatic N) is 3. The van der Waals surface area contributed by atoms with Gasteiger partial charge in [0.15, 0.2) is 0 Å². The number of carboxylic acids is 1. The summed E-state index contributed by atoms with van der Waals surface area (Å²) >= 11 is 0. The van der Waals surface area contributed by atoms with E-state index < -0.39 is 41.4 Å². The number of hydrogen-bond acceptors (Lipinski definition) is 6. The molecule has 2 aromatic rings. The number of fused-ring (bicyclic) bond motifs is 1. The third-order valence-corrected chi connectivity index (χ3v) is 4.62. The Morgan fingerprint density at radius 2 is 2.04 bits per heavy atom. The molecule has 142 valence electrons. The largest absolute Gasteiger partial charge is 0.478 e. The van der Waals surface area contributed by atoms with Crippen LogP contribution in [0.2, 0.25) is 0 Å². The smallest absolute Gasteiger partial charge is 0.338 e. The number of carbonyl (C=O) groups is 2. The lowest BCUT2D eigenvalue weighted by molar-refractivity contribution is -0.119. The molecule has 3 N–H and O–H groups in total. The first-order chi connectivity index (χ1) is 12.7. The average Bonchev–Trinajstić information content (AvgIpc) is 2.58. The van der Waals surface area contributed by atoms with Crippen LogP contribution in [0.15, 0.2) is 24.4 Å². The van der Waals surface area contributed by atoms with Gasteiger partial charge < -0.3 is 15.5 Å². The molecule has 0 aliphatic carbocycles. The number of aliphatic hydroxyl groups excluding tert-OH is 1. The van der Waals surface area contributed by atoms with Crippen molar-refractivity contribution < 1.29 is 24.2 Å². The fourth-order valence-electron chi connectivity index (χ4n) is 3.26. The number of aromatic carboxylic acids is 1. The number of rotatable bonds is 3. The molecule has 1 amide bonds. The molecule has 1 aromatic heterocycles. The number of aromatic nitrogens is 2. The maximum atomic E-state index is 14.3. The summed E-state index contributed by atoms with van der Waals surface area (Å²) in [6, 6.07) is 3.22. The Balaban J connectivity index is 2.16. The molecule has 1 aliphatic rings. The number of aliphatic hydroxyl groups is 1. The molecule has 0 fully saturated rings. The van der Waals surface area contributed by atoms with Crippen molar-refractivity contribution in [1.82, 2.24) is 9.97 Å². The van der Waals surface area contributed by atoms with E-state index in [9.17, 15) is 24.2 Å². The standard InChI is InChI=1S/C18H19FN4O4/c1-8-4-5-20-18(21-8)22-15-9(2)16(25)23(10(3)24)14-7-13(19)11(17(26)27)6-12(14)15/h4-7,9,15-16,25H,1-3H3,(H,26,27)(H,20,21,22). The van der Waals surface area contributed by atoms with Crippen LogP contribution in [0, 0.1) is 18.7 Å². The summed E-state index contributed by atoms with van der Waals surface area (Å²) in [5.41, 5.74) is 0.679. The minimum Gasteiger partial charge on any atom is -0.478 e. The van der Waals surface area contributed by atoms with Gasteiger partial charge in [0.2, 0.25) is 11.9 Å². The second kappa shape index (κ2) is 6.92. The quantitative estimate of drug-likeness (QED) is 0.753. The molecular formula is C18H19FN4O4. The fraction of sp³-hybridized carbons (Fsp3) is 0.333. The number of halogens is 1. The maximum Gasteiger partial charge on any atom is 0.338 e. The number of anilines is 2. The zero-order valence-electron chi connectivity index (χ0n) is 15.0. The summed E-state index contributed by atoms with van der Waals surface area (Å²) in [6.07, 6.45) is 0.331. The van der Waals surface area contributed by atoms with Crippen molar-refractivity contribution in [3.63, 3.8) is 0 Å². The molecule has 1 aliphatic heterocycles. The molecule has 3 rings (SSSR count). The van der Waals surface area contributed by atoms with Crippen molar-refractivity contribution in [3.8, 4) is 0 Å². The van der Waals surface area contributed by atoms with Gasteiger partial charge in [0, 0.05) is 24.7 Å². The summed E-state index contributed by atoms with van der Waals surface area (Å²) in [5.74, 6) is -3.16. The van der Waals surface area contributed by atoms with Crippen LogP contribution in [0.3, 0.4) is 0 Å². The number of nitrogens with one attached hydrogen (secondary N) is 1. The van der Waals surface area contributed by atoms with Crippen LogP contribution in [0.5, 0.6) is 0 Å². The first kappa shape index (κ1) is 18.7. The first-order valence-corrected chi connectivity index (χ1v) is 8.31. The zero-order valence-corrected chi connectivity index (χ0v) is 15.0. The van der Waals surface area contributed by atoms with E-state index in [-0.39, 0.29) is 11.6 Å². The molecular weight excluding hydrogens is 355 g/mol. The second-order valence-corrected chi connectivity index (χ2v) is 6.50. The second-order valence-electron chi connectivity index (χ2n) is 6.50. The molecule has 3 unspecified atom stereocenters. The minimum atomic E-state index is -1.42. The van der Waals surface area contributed by atoms with Gasteiger partial charge in [-0.3, -0.25) is 9.69 Å². The molecule has 0 bridgehead atoms. The van der Waals surface area contributed by atoms with E-state index in [1.54, 1.807) is 26.1 Å². The Labute approximate surface area is 154 Å². The zero-order chi connectivity index (χ0) is 19.9. The summed E-state index contributed by atoms with van der Waals surface area (Å²) in [4.78, 5) is 32.8. The van der Waals surface area contributed by atoms with Crippen LogP contribution in [-0.4, -0.2) is 38.3 Å². The third kappa shape index (κ3) is 3.33. The summed E-state index contributed by atoms with van der Waals surface area (Å²) in [6.45, 7) is 4.73. The number of aryl methyl sites for hydroxylation is 1. The number of hydrogen-bond donors (Lipinski definition) is 3. The SMILES string of the molecule is CC(=O)N1c2cc(F)c(C(=O)O)cc2C(Nc2nccc(C)n2)C(C)C1O. The summed E-state index contributed by atoms with van der Waals surface area (Å²) in [5, 5.41) is 22.9. The molecule has 0 spiro atoms. The van der Waals surface area contributed by atoms with E-state index in [1.165, 1.54) is 13.0 Å². The molecule has 27 heavy (non-hydrogen) atoms. The highest BCUT2D eigenvalue weighted by molar-refractivity contribution is 5.95. The highest BCUT2D eigenvalue weighted by Crippen LogP contribution is 2.42. The number of carbonyl (C=O) groups excluding carboxylic acids is 1. The van der Waals surface area contributed by atoms with Crippen LogP contribution >= 0.6 is 0 Å². The van der Waals surface area contributed by atoms with Crippen LogP contribution in [0.1, 0.15) is 41.5 Å². The number of amides is 1. The molecule has 2 heterocycles. The van der Waals surface area contributed by atoms with Gasteiger partial charge in [-0.25, -0.2) is 19.2 Å². The normalized spacial score (nSPS) is 21.5. The van der Waals surface area contributed by atoms with Crippen molar-refractivity contribution in [1.29, 1.82) is 0 Å². The molecule has 9 heteroatoms. The Hall–Kier alpha value is -3.07. The molecule has 1 aromatic carbocycles. The van der Waals surface area contributed by atoms with Gasteiger partial charge in [0.1, 0.15) is 12.0 Å². The number of carboxylic acid groups (broad SMARTS) is 1. The van der Waals surface area contributed by atoms with Crippen LogP contribution in [0.25, 0.3) is 0 Å². The highest BCUT2D eigenvalue weighted by atomic mass is 19.1. The van der Waals surface area contributed by atoms with Crippen molar-refractivity contribution >= 4 is 23.5 Å². The van der Waals surface area contributed by atoms with E-state index in [0.29, 0.717) is 11.3 Å². The fourth-order valence-corrected chi connectivity index (χ4v) is 3.26. The summed E-state index contributed by atoms with van der Waals surface area (Å²) in [7, 11) is 0. The van der Waals surface area contributed by atoms with Gasteiger partial charge in [-0.2, -0.15) is 0 Å². The van der Waals surface area contributed by atoms with Gasteiger partial charge in [-0.1, -0.05) is 6.92 Å². The van der Waals surface area contributed by atoms with Gasteiger partial charge >= 0.3 is 5.97 Å². The van der Waals surface area contributed by atoms with Crippen molar-refractivity contribution in [2.45, 2.75) is 33.0 Å². The third-order valence-electron chi connectivity index (χ3n) is 4.62. The van der Waals surface area contributed by atoms with Crippen molar-refractivity contribution in [2.24, 2.45) is 5.92 Å². The Morgan fingerprint density at radius 3 is 2.63 bits per heavy atom. The van der Waals surface area contributed by atoms with Crippen molar-refractivity contribution in [2.75, 3.05) is 10.2 Å². The molecule has 0 saturated heterocycles. The predicted octanol–water partition coefficient (Wildman–Crippen LogP) is 2.10.